The van der Waals surface area contributed by atoms with Gasteiger partial charge in [0.05, 0.1) is 10.5 Å². The highest BCUT2D eigenvalue weighted by Crippen LogP contribution is 2.30. The Hall–Kier alpha value is -2.71. The van der Waals surface area contributed by atoms with Crippen molar-refractivity contribution in [2.75, 3.05) is 17.7 Å². The number of ketones is 2. The second-order valence-electron chi connectivity index (χ2n) is 5.62. The van der Waals surface area contributed by atoms with E-state index < -0.39 is 11.7 Å². The average molecular weight is 371 g/mol. The van der Waals surface area contributed by atoms with Crippen molar-refractivity contribution in [1.82, 2.24) is 10.2 Å². The summed E-state index contributed by atoms with van der Waals surface area (Å²) in [5.74, 6) is -0.720. The summed E-state index contributed by atoms with van der Waals surface area (Å²) in [5.41, 5.74) is 0.525. The highest BCUT2D eigenvalue weighted by atomic mass is 32.2. The molecule has 1 heterocycles. The van der Waals surface area contributed by atoms with Gasteiger partial charge in [-0.15, -0.1) is 11.8 Å². The van der Waals surface area contributed by atoms with E-state index in [0.717, 1.165) is 6.42 Å². The molecule has 2 aromatic rings. The van der Waals surface area contributed by atoms with E-state index in [1.165, 1.54) is 17.8 Å². The largest absolute Gasteiger partial charge is 0.396 e. The Kier molecular flexibility index (Phi) is 5.65. The van der Waals surface area contributed by atoms with Crippen molar-refractivity contribution in [1.29, 1.82) is 0 Å². The maximum Gasteiger partial charge on any atom is 0.274 e. The Morgan fingerprint density at radius 1 is 1.19 bits per heavy atom. The van der Waals surface area contributed by atoms with Crippen molar-refractivity contribution in [2.24, 2.45) is 0 Å². The molecule has 134 valence electrons. The van der Waals surface area contributed by atoms with Gasteiger partial charge in [0, 0.05) is 18.4 Å². The number of benzene rings is 1. The van der Waals surface area contributed by atoms with Gasteiger partial charge in [0.15, 0.2) is 0 Å². The van der Waals surface area contributed by atoms with Crippen LogP contribution < -0.4 is 5.32 Å². The van der Waals surface area contributed by atoms with Crippen molar-refractivity contribution in [3.63, 3.8) is 0 Å². The third-order valence-corrected chi connectivity index (χ3v) is 4.89. The third-order valence-electron chi connectivity index (χ3n) is 3.78. The van der Waals surface area contributed by atoms with Gasteiger partial charge in [-0.25, -0.2) is 0 Å². The number of hydrogen-bond donors (Lipinski definition) is 3. The number of thioether (sulfide) groups is 1. The van der Waals surface area contributed by atoms with Gasteiger partial charge in [-0.2, -0.15) is 5.10 Å². The molecule has 0 spiro atoms. The predicted octanol–water partition coefficient (Wildman–Crippen LogP) is 2.43. The average Bonchev–Trinajstić information content (AvgIpc) is 3.09. The van der Waals surface area contributed by atoms with Crippen LogP contribution in [0.1, 0.15) is 44.2 Å². The maximum atomic E-state index is 12.7. The standard InChI is InChI=1S/C18H17N3O4S/c22-8-4-5-9-26-13-10-12(23)15-14(17(13)24)16(21-20-15)18(25)19-11-6-2-1-3-7-11/h1-3,6-7,10,22H,4-5,8-9H2,(H,19,25)(H,20,21). The first-order valence-corrected chi connectivity index (χ1v) is 9.09. The SMILES string of the molecule is O=C1C=C(SCCCCO)C(=O)c2c1n[nH]c2C(=O)Nc1ccccc1. The number of rotatable bonds is 7. The number of unbranched alkanes of at least 4 members (excludes halogenated alkanes) is 1. The van der Waals surface area contributed by atoms with E-state index in [9.17, 15) is 14.4 Å². The number of nitrogens with zero attached hydrogens (tertiary/aromatic N) is 1. The number of H-pyrrole nitrogens is 1. The van der Waals surface area contributed by atoms with E-state index in [1.807, 2.05) is 6.07 Å². The summed E-state index contributed by atoms with van der Waals surface area (Å²) in [6.45, 7) is 0.0855. The number of aromatic nitrogens is 2. The van der Waals surface area contributed by atoms with Crippen LogP contribution in [0.4, 0.5) is 5.69 Å². The van der Waals surface area contributed by atoms with E-state index >= 15 is 0 Å². The number of para-hydroxylation sites is 1. The molecule has 0 bridgehead atoms. The topological polar surface area (TPSA) is 112 Å². The predicted molar refractivity (Wildman–Crippen MR) is 98.5 cm³/mol. The van der Waals surface area contributed by atoms with Crippen LogP contribution in [0.25, 0.3) is 0 Å². The van der Waals surface area contributed by atoms with Crippen LogP contribution in [-0.4, -0.2) is 45.1 Å². The van der Waals surface area contributed by atoms with E-state index in [4.69, 9.17) is 5.11 Å². The Balaban J connectivity index is 1.80. The molecule has 1 aliphatic carbocycles. The van der Waals surface area contributed by atoms with Crippen LogP contribution in [0.5, 0.6) is 0 Å². The van der Waals surface area contributed by atoms with Gasteiger partial charge < -0.3 is 10.4 Å². The summed E-state index contributed by atoms with van der Waals surface area (Å²) in [6.07, 6.45) is 2.61. The van der Waals surface area contributed by atoms with E-state index in [0.29, 0.717) is 17.9 Å². The van der Waals surface area contributed by atoms with Crippen molar-refractivity contribution in [3.05, 3.63) is 58.3 Å². The van der Waals surface area contributed by atoms with Gasteiger partial charge in [-0.1, -0.05) is 18.2 Å². The van der Waals surface area contributed by atoms with Crippen LogP contribution in [-0.2, 0) is 0 Å². The number of aliphatic hydroxyl groups is 1. The number of nitrogens with one attached hydrogen (secondary N) is 2. The number of Topliss-reactive ketones (excluding diaryl/α,β-unsaturated/α-hetero) is 1. The Morgan fingerprint density at radius 2 is 1.96 bits per heavy atom. The van der Waals surface area contributed by atoms with E-state index in [-0.39, 0.29) is 34.2 Å². The van der Waals surface area contributed by atoms with Gasteiger partial charge in [-0.05, 0) is 30.7 Å². The highest BCUT2D eigenvalue weighted by Gasteiger charge is 2.33. The molecule has 26 heavy (non-hydrogen) atoms. The van der Waals surface area contributed by atoms with Crippen LogP contribution in [0, 0.1) is 0 Å². The molecule has 3 rings (SSSR count). The normalized spacial score (nSPS) is 13.3. The summed E-state index contributed by atoms with van der Waals surface area (Å²) in [4.78, 5) is 37.8. The Bertz CT molecular complexity index is 874. The molecule has 0 saturated carbocycles. The summed E-state index contributed by atoms with van der Waals surface area (Å²) in [6, 6.07) is 8.81. The number of aromatic amines is 1. The summed E-state index contributed by atoms with van der Waals surface area (Å²) in [5, 5.41) is 17.9. The minimum absolute atomic E-state index is 0.00980. The minimum atomic E-state index is -0.530. The number of carbonyl (C=O) groups excluding carboxylic acids is 3. The first kappa shape index (κ1) is 18.1. The lowest BCUT2D eigenvalue weighted by molar-refractivity contribution is 0.0979. The molecular weight excluding hydrogens is 354 g/mol. The van der Waals surface area contributed by atoms with Crippen LogP contribution in [0.3, 0.4) is 0 Å². The number of carbonyl (C=O) groups is 3. The lowest BCUT2D eigenvalue weighted by Crippen LogP contribution is -2.20. The molecule has 1 aromatic carbocycles. The minimum Gasteiger partial charge on any atom is -0.396 e. The molecule has 1 amide bonds. The van der Waals surface area contributed by atoms with Crippen molar-refractivity contribution in [3.8, 4) is 0 Å². The zero-order valence-corrected chi connectivity index (χ0v) is 14.6. The molecule has 0 unspecified atom stereocenters. The maximum absolute atomic E-state index is 12.7. The van der Waals surface area contributed by atoms with Crippen LogP contribution in [0.2, 0.25) is 0 Å². The molecule has 0 saturated heterocycles. The molecule has 0 radical (unpaired) electrons. The van der Waals surface area contributed by atoms with Gasteiger partial charge >= 0.3 is 0 Å². The first-order valence-electron chi connectivity index (χ1n) is 8.11. The van der Waals surface area contributed by atoms with Gasteiger partial charge in [-0.3, -0.25) is 19.5 Å². The lowest BCUT2D eigenvalue weighted by atomic mass is 9.99. The molecule has 1 aliphatic rings. The highest BCUT2D eigenvalue weighted by molar-refractivity contribution is 8.04. The second kappa shape index (κ2) is 8.11. The molecular formula is C18H17N3O4S. The number of anilines is 1. The number of fused-ring (bicyclic) bond motifs is 1. The quantitative estimate of drug-likeness (QED) is 0.645. The monoisotopic (exact) mass is 371 g/mol. The van der Waals surface area contributed by atoms with Crippen LogP contribution in [0.15, 0.2) is 41.3 Å². The molecule has 0 aliphatic heterocycles. The molecule has 3 N–H and O–H groups in total. The first-order chi connectivity index (χ1) is 12.6. The van der Waals surface area contributed by atoms with Crippen molar-refractivity contribution < 1.29 is 19.5 Å². The van der Waals surface area contributed by atoms with E-state index in [1.54, 1.807) is 24.3 Å². The van der Waals surface area contributed by atoms with Crippen molar-refractivity contribution >= 4 is 34.9 Å². The number of aliphatic hydroxyl groups excluding tert-OH is 1. The molecule has 7 nitrogen and oxygen atoms in total. The van der Waals surface area contributed by atoms with Gasteiger partial charge in [0.1, 0.15) is 11.4 Å². The smallest absolute Gasteiger partial charge is 0.274 e. The summed E-state index contributed by atoms with van der Waals surface area (Å²) >= 11 is 1.25. The molecule has 0 atom stereocenters. The fourth-order valence-corrected chi connectivity index (χ4v) is 3.49. The third kappa shape index (κ3) is 3.76. The molecule has 8 heteroatoms. The Labute approximate surface area is 153 Å². The fraction of sp³-hybridized carbons (Fsp3) is 0.222. The molecule has 0 fully saturated rings. The van der Waals surface area contributed by atoms with Crippen molar-refractivity contribution in [2.45, 2.75) is 12.8 Å². The Morgan fingerprint density at radius 3 is 2.69 bits per heavy atom. The number of amides is 1. The lowest BCUT2D eigenvalue weighted by Gasteiger charge is -2.12. The fourth-order valence-electron chi connectivity index (χ4n) is 2.50. The zero-order valence-electron chi connectivity index (χ0n) is 13.8. The van der Waals surface area contributed by atoms with Gasteiger partial charge in [0.25, 0.3) is 5.91 Å². The van der Waals surface area contributed by atoms with Crippen LogP contribution >= 0.6 is 11.8 Å². The zero-order chi connectivity index (χ0) is 18.5. The number of allylic oxidation sites excluding steroid dienone is 2. The molecule has 1 aromatic heterocycles. The number of hydrogen-bond acceptors (Lipinski definition) is 6. The van der Waals surface area contributed by atoms with Gasteiger partial charge in [0.2, 0.25) is 11.6 Å². The second-order valence-corrected chi connectivity index (χ2v) is 6.76. The summed E-state index contributed by atoms with van der Waals surface area (Å²) < 4.78 is 0. The van der Waals surface area contributed by atoms with E-state index in [2.05, 4.69) is 15.5 Å². The summed E-state index contributed by atoms with van der Waals surface area (Å²) in [7, 11) is 0.